The highest BCUT2D eigenvalue weighted by Gasteiger charge is 2.44. The lowest BCUT2D eigenvalue weighted by atomic mass is 9.70. The molecule has 4 unspecified atom stereocenters. The number of aryl methyl sites for hydroxylation is 1. The molecule has 1 aliphatic carbocycles. The maximum Gasteiger partial charge on any atom is 0.527 e. The minimum absolute atomic E-state index is 0.0527. The second-order valence-corrected chi connectivity index (χ2v) is 8.54. The molecule has 1 aromatic carbocycles. The summed E-state index contributed by atoms with van der Waals surface area (Å²) in [6.07, 6.45) is 3.64. The summed E-state index contributed by atoms with van der Waals surface area (Å²) in [5, 5.41) is 9.63. The third kappa shape index (κ3) is 3.97. The fourth-order valence-electron chi connectivity index (χ4n) is 3.61. The highest BCUT2D eigenvalue weighted by molar-refractivity contribution is 7.47. The van der Waals surface area contributed by atoms with Gasteiger partial charge in [-0.05, 0) is 31.4 Å². The number of aromatic nitrogens is 4. The molecule has 0 amide bonds. The van der Waals surface area contributed by atoms with E-state index < -0.39 is 7.82 Å². The molecule has 154 valence electrons. The van der Waals surface area contributed by atoms with E-state index >= 15 is 0 Å². The van der Waals surface area contributed by atoms with Crippen molar-refractivity contribution in [2.75, 3.05) is 18.9 Å². The van der Waals surface area contributed by atoms with Gasteiger partial charge in [0.1, 0.15) is 17.6 Å². The summed E-state index contributed by atoms with van der Waals surface area (Å²) >= 11 is 0. The molecule has 4 N–H and O–H groups in total. The van der Waals surface area contributed by atoms with Gasteiger partial charge < -0.3 is 19.9 Å². The molecule has 0 saturated heterocycles. The number of phosphoric ester groups is 1. The van der Waals surface area contributed by atoms with Crippen molar-refractivity contribution in [1.82, 2.24) is 19.5 Å². The Morgan fingerprint density at radius 2 is 2.03 bits per heavy atom. The molecule has 1 aliphatic rings. The van der Waals surface area contributed by atoms with Crippen LogP contribution in [0.5, 0.6) is 5.75 Å². The van der Waals surface area contributed by atoms with Gasteiger partial charge >= 0.3 is 7.82 Å². The summed E-state index contributed by atoms with van der Waals surface area (Å²) in [5.74, 6) is 0.246. The van der Waals surface area contributed by atoms with Crippen LogP contribution in [-0.2, 0) is 9.09 Å². The van der Waals surface area contributed by atoms with Gasteiger partial charge in [-0.3, -0.25) is 9.42 Å². The lowest BCUT2D eigenvalue weighted by Gasteiger charge is -2.44. The fourth-order valence-corrected chi connectivity index (χ4v) is 4.41. The van der Waals surface area contributed by atoms with Crippen molar-refractivity contribution in [2.24, 2.45) is 11.8 Å². The number of imidazole rings is 1. The van der Waals surface area contributed by atoms with Gasteiger partial charge in [0.25, 0.3) is 0 Å². The summed E-state index contributed by atoms with van der Waals surface area (Å²) < 4.78 is 24.6. The Kier molecular flexibility index (Phi) is 5.26. The SMILES string of the molecule is Cc1ccc(OP(=O)(O)OCC2C(CO)CC2n2cnc3c(N)ncnc32)cc1. The topological polar surface area (TPSA) is 146 Å². The molecule has 0 spiro atoms. The van der Waals surface area contributed by atoms with Crippen LogP contribution in [0.1, 0.15) is 18.0 Å². The molecule has 29 heavy (non-hydrogen) atoms. The van der Waals surface area contributed by atoms with Gasteiger partial charge in [-0.1, -0.05) is 17.7 Å². The van der Waals surface area contributed by atoms with Crippen LogP contribution in [0.3, 0.4) is 0 Å². The number of rotatable bonds is 7. The Labute approximate surface area is 167 Å². The molecule has 11 heteroatoms. The van der Waals surface area contributed by atoms with Crippen LogP contribution in [-0.4, -0.2) is 42.7 Å². The van der Waals surface area contributed by atoms with E-state index in [0.717, 1.165) is 5.56 Å². The van der Waals surface area contributed by atoms with Crippen molar-refractivity contribution in [3.05, 3.63) is 42.5 Å². The first kappa shape index (κ1) is 19.8. The van der Waals surface area contributed by atoms with E-state index in [0.29, 0.717) is 17.6 Å². The van der Waals surface area contributed by atoms with Crippen LogP contribution in [0.15, 0.2) is 36.9 Å². The quantitative estimate of drug-likeness (QED) is 0.490. The summed E-state index contributed by atoms with van der Waals surface area (Å²) in [4.78, 5) is 22.5. The lowest BCUT2D eigenvalue weighted by molar-refractivity contribution is -0.00476. The van der Waals surface area contributed by atoms with E-state index in [4.69, 9.17) is 14.8 Å². The molecule has 1 fully saturated rings. The number of aliphatic hydroxyl groups is 1. The Balaban J connectivity index is 1.47. The fraction of sp³-hybridized carbons (Fsp3) is 0.389. The Bertz CT molecular complexity index is 1060. The second kappa shape index (κ2) is 7.72. The highest BCUT2D eigenvalue weighted by Crippen LogP contribution is 2.50. The van der Waals surface area contributed by atoms with E-state index in [1.807, 2.05) is 11.5 Å². The first-order chi connectivity index (χ1) is 13.9. The summed E-state index contributed by atoms with van der Waals surface area (Å²) in [6.45, 7) is 1.79. The van der Waals surface area contributed by atoms with Gasteiger partial charge in [-0.25, -0.2) is 19.5 Å². The van der Waals surface area contributed by atoms with Crippen LogP contribution < -0.4 is 10.3 Å². The van der Waals surface area contributed by atoms with Crippen LogP contribution >= 0.6 is 7.82 Å². The van der Waals surface area contributed by atoms with Gasteiger partial charge in [0.15, 0.2) is 11.5 Å². The monoisotopic (exact) mass is 419 g/mol. The molecule has 1 saturated carbocycles. The van der Waals surface area contributed by atoms with E-state index in [1.54, 1.807) is 30.6 Å². The maximum absolute atomic E-state index is 12.4. The molecule has 0 bridgehead atoms. The molecule has 10 nitrogen and oxygen atoms in total. The zero-order chi connectivity index (χ0) is 20.6. The average molecular weight is 419 g/mol. The number of anilines is 1. The zero-order valence-corrected chi connectivity index (χ0v) is 16.6. The number of hydrogen-bond donors (Lipinski definition) is 3. The van der Waals surface area contributed by atoms with E-state index in [-0.39, 0.29) is 42.7 Å². The molecule has 0 radical (unpaired) electrons. The first-order valence-corrected chi connectivity index (χ1v) is 10.6. The summed E-state index contributed by atoms with van der Waals surface area (Å²) in [5.41, 5.74) is 7.91. The molecular weight excluding hydrogens is 397 g/mol. The number of phosphoric acid groups is 1. The maximum atomic E-state index is 12.4. The average Bonchev–Trinajstić information content (AvgIpc) is 3.08. The molecule has 0 aliphatic heterocycles. The molecular formula is C18H22N5O5P. The largest absolute Gasteiger partial charge is 0.527 e. The van der Waals surface area contributed by atoms with Crippen molar-refractivity contribution in [2.45, 2.75) is 19.4 Å². The standard InChI is InChI=1S/C18H22N5O5P/c1-11-2-4-13(5-3-11)28-29(25,26)27-8-14-12(7-24)6-15(14)23-10-22-16-17(19)20-9-21-18(16)23/h2-5,9-10,12,14-15,24H,6-8H2,1H3,(H,25,26)(H2,19,20,21). The van der Waals surface area contributed by atoms with Gasteiger partial charge in [0.2, 0.25) is 0 Å². The summed E-state index contributed by atoms with van der Waals surface area (Å²) in [6, 6.07) is 6.65. The Morgan fingerprint density at radius 1 is 1.28 bits per heavy atom. The first-order valence-electron chi connectivity index (χ1n) is 9.15. The number of nitrogens with two attached hydrogens (primary N) is 1. The van der Waals surface area contributed by atoms with E-state index in [1.165, 1.54) is 6.33 Å². The molecule has 4 atom stereocenters. The van der Waals surface area contributed by atoms with Crippen LogP contribution in [0.25, 0.3) is 11.2 Å². The van der Waals surface area contributed by atoms with Gasteiger partial charge in [0.05, 0.1) is 12.9 Å². The third-order valence-electron chi connectivity index (χ3n) is 5.29. The third-order valence-corrected chi connectivity index (χ3v) is 6.21. The number of nitrogens with zero attached hydrogens (tertiary/aromatic N) is 4. The highest BCUT2D eigenvalue weighted by atomic mass is 31.2. The number of fused-ring (bicyclic) bond motifs is 1. The predicted molar refractivity (Wildman–Crippen MR) is 105 cm³/mol. The minimum atomic E-state index is -4.31. The lowest BCUT2D eigenvalue weighted by Crippen LogP contribution is -2.43. The zero-order valence-electron chi connectivity index (χ0n) is 15.8. The van der Waals surface area contributed by atoms with Gasteiger partial charge in [-0.15, -0.1) is 0 Å². The Morgan fingerprint density at radius 3 is 2.76 bits per heavy atom. The minimum Gasteiger partial charge on any atom is -0.404 e. The van der Waals surface area contributed by atoms with Crippen LogP contribution in [0.2, 0.25) is 0 Å². The molecule has 4 rings (SSSR count). The molecule has 2 aromatic heterocycles. The van der Waals surface area contributed by atoms with Crippen LogP contribution in [0, 0.1) is 18.8 Å². The van der Waals surface area contributed by atoms with Crippen molar-refractivity contribution in [1.29, 1.82) is 0 Å². The van der Waals surface area contributed by atoms with Crippen molar-refractivity contribution < 1.29 is 23.6 Å². The van der Waals surface area contributed by atoms with E-state index in [2.05, 4.69) is 15.0 Å². The second-order valence-electron chi connectivity index (χ2n) is 7.16. The molecule has 2 heterocycles. The molecule has 3 aromatic rings. The predicted octanol–water partition coefficient (Wildman–Crippen LogP) is 2.08. The Hall–Kier alpha value is -2.52. The smallest absolute Gasteiger partial charge is 0.404 e. The summed E-state index contributed by atoms with van der Waals surface area (Å²) in [7, 11) is -4.31. The number of aliphatic hydroxyl groups excluding tert-OH is 1. The van der Waals surface area contributed by atoms with Crippen LogP contribution in [0.4, 0.5) is 5.82 Å². The van der Waals surface area contributed by atoms with Gasteiger partial charge in [0, 0.05) is 18.6 Å². The van der Waals surface area contributed by atoms with E-state index in [9.17, 15) is 14.6 Å². The normalized spacial score (nSPS) is 23.5. The van der Waals surface area contributed by atoms with Gasteiger partial charge in [-0.2, -0.15) is 0 Å². The van der Waals surface area contributed by atoms with Crippen molar-refractivity contribution in [3.8, 4) is 5.75 Å². The number of nitrogen functional groups attached to an aromatic ring is 1. The number of benzene rings is 1. The number of hydrogen-bond acceptors (Lipinski definition) is 8. The van der Waals surface area contributed by atoms with Crippen molar-refractivity contribution in [3.63, 3.8) is 0 Å². The van der Waals surface area contributed by atoms with Crippen molar-refractivity contribution >= 4 is 24.8 Å².